The van der Waals surface area contributed by atoms with Gasteiger partial charge in [0.2, 0.25) is 0 Å². The van der Waals surface area contributed by atoms with Crippen LogP contribution in [0.1, 0.15) is 53.4 Å². The Bertz CT molecular complexity index is 243. The van der Waals surface area contributed by atoms with Crippen molar-refractivity contribution in [3.63, 3.8) is 0 Å². The summed E-state index contributed by atoms with van der Waals surface area (Å²) in [7, 11) is 2.05. The summed E-state index contributed by atoms with van der Waals surface area (Å²) >= 11 is 0. The van der Waals surface area contributed by atoms with Crippen molar-refractivity contribution in [2.24, 2.45) is 4.99 Å². The molecule has 0 spiro atoms. The van der Waals surface area contributed by atoms with Crippen molar-refractivity contribution in [2.75, 3.05) is 26.7 Å². The molecule has 0 heterocycles. The van der Waals surface area contributed by atoms with Gasteiger partial charge in [-0.15, -0.1) is 24.0 Å². The molecular weight excluding hydrogens is 353 g/mol. The zero-order valence-electron chi connectivity index (χ0n) is 13.2. The van der Waals surface area contributed by atoms with E-state index in [1.807, 2.05) is 20.9 Å². The van der Waals surface area contributed by atoms with Crippen LogP contribution in [0.3, 0.4) is 0 Å². The van der Waals surface area contributed by atoms with Crippen LogP contribution in [0, 0.1) is 0 Å². The lowest BCUT2D eigenvalue weighted by atomic mass is 9.98. The highest BCUT2D eigenvalue weighted by Gasteiger charge is 2.22. The van der Waals surface area contributed by atoms with E-state index in [2.05, 4.69) is 29.1 Å². The number of hydrogen-bond acceptors (Lipinski definition) is 2. The Labute approximate surface area is 136 Å². The first-order chi connectivity index (χ1) is 8.52. The van der Waals surface area contributed by atoms with Gasteiger partial charge in [-0.05, 0) is 26.2 Å². The summed E-state index contributed by atoms with van der Waals surface area (Å²) in [5.41, 5.74) is -0.660. The minimum atomic E-state index is -0.660. The summed E-state index contributed by atoms with van der Waals surface area (Å²) in [6.45, 7) is 10.6. The quantitative estimate of drug-likeness (QED) is 0.384. The molecule has 0 fully saturated rings. The van der Waals surface area contributed by atoms with Crippen LogP contribution in [0.25, 0.3) is 0 Å². The molecule has 0 unspecified atom stereocenters. The van der Waals surface area contributed by atoms with Crippen LogP contribution in [-0.2, 0) is 0 Å². The Morgan fingerprint density at radius 1 is 1.21 bits per heavy atom. The molecule has 0 saturated heterocycles. The summed E-state index contributed by atoms with van der Waals surface area (Å²) in [6.07, 6.45) is 3.82. The zero-order valence-corrected chi connectivity index (χ0v) is 15.5. The summed E-state index contributed by atoms with van der Waals surface area (Å²) in [4.78, 5) is 6.70. The molecule has 116 valence electrons. The van der Waals surface area contributed by atoms with Gasteiger partial charge in [0.1, 0.15) is 0 Å². The third-order valence-electron chi connectivity index (χ3n) is 3.38. The highest BCUT2D eigenvalue weighted by atomic mass is 127. The molecule has 19 heavy (non-hydrogen) atoms. The minimum absolute atomic E-state index is 0. The van der Waals surface area contributed by atoms with Crippen LogP contribution in [0.15, 0.2) is 4.99 Å². The van der Waals surface area contributed by atoms with E-state index >= 15 is 0 Å². The summed E-state index contributed by atoms with van der Waals surface area (Å²) in [6, 6.07) is 0. The number of guanidine groups is 1. The van der Waals surface area contributed by atoms with Gasteiger partial charge in [-0.1, -0.05) is 27.2 Å². The van der Waals surface area contributed by atoms with Gasteiger partial charge in [0.05, 0.1) is 12.1 Å². The second-order valence-corrected chi connectivity index (χ2v) is 4.88. The fraction of sp³-hybridized carbons (Fsp3) is 0.929. The Balaban J connectivity index is 0. The fourth-order valence-electron chi connectivity index (χ4n) is 1.67. The predicted molar refractivity (Wildman–Crippen MR) is 94.5 cm³/mol. The number of nitrogens with zero attached hydrogens (tertiary/aromatic N) is 2. The topological polar surface area (TPSA) is 47.9 Å². The van der Waals surface area contributed by atoms with Crippen LogP contribution in [0.5, 0.6) is 0 Å². The van der Waals surface area contributed by atoms with E-state index in [-0.39, 0.29) is 24.0 Å². The van der Waals surface area contributed by atoms with Crippen LogP contribution < -0.4 is 5.32 Å². The molecule has 0 radical (unpaired) electrons. The molecule has 0 aliphatic rings. The molecule has 0 saturated carbocycles. The second kappa shape index (κ2) is 11.8. The van der Waals surface area contributed by atoms with Crippen molar-refractivity contribution in [1.29, 1.82) is 0 Å². The van der Waals surface area contributed by atoms with Crippen LogP contribution in [0.2, 0.25) is 0 Å². The van der Waals surface area contributed by atoms with E-state index in [0.717, 1.165) is 38.3 Å². The number of rotatable bonds is 8. The average molecular weight is 385 g/mol. The number of hydrogen-bond donors (Lipinski definition) is 2. The normalized spacial score (nSPS) is 12.0. The highest BCUT2D eigenvalue weighted by molar-refractivity contribution is 14.0. The van der Waals surface area contributed by atoms with Gasteiger partial charge in [-0.25, -0.2) is 0 Å². The summed E-state index contributed by atoms with van der Waals surface area (Å²) < 4.78 is 0. The number of halogens is 1. The van der Waals surface area contributed by atoms with E-state index in [1.54, 1.807) is 0 Å². The average Bonchev–Trinajstić information content (AvgIpc) is 2.40. The van der Waals surface area contributed by atoms with Gasteiger partial charge >= 0.3 is 0 Å². The Morgan fingerprint density at radius 2 is 1.79 bits per heavy atom. The number of nitrogens with one attached hydrogen (secondary N) is 1. The van der Waals surface area contributed by atoms with E-state index in [9.17, 15) is 5.11 Å². The number of aliphatic hydroxyl groups is 1. The fourth-order valence-corrected chi connectivity index (χ4v) is 1.67. The molecule has 0 atom stereocenters. The monoisotopic (exact) mass is 385 g/mol. The first-order valence-electron chi connectivity index (χ1n) is 7.24. The Hall–Kier alpha value is -0.0400. The standard InChI is InChI=1S/C14H31N3O.HI/c1-6-10-11-17(5)13(15-9-4)16-12-14(18,7-2)8-3;/h18H,6-12H2,1-5H3,(H,15,16);1H. The molecule has 0 amide bonds. The van der Waals surface area contributed by atoms with Crippen molar-refractivity contribution in [3.05, 3.63) is 0 Å². The van der Waals surface area contributed by atoms with Crippen molar-refractivity contribution >= 4 is 29.9 Å². The summed E-state index contributed by atoms with van der Waals surface area (Å²) in [5, 5.41) is 13.5. The van der Waals surface area contributed by atoms with Gasteiger partial charge in [0, 0.05) is 20.1 Å². The number of aliphatic imine (C=N–C) groups is 1. The molecule has 5 heteroatoms. The largest absolute Gasteiger partial charge is 0.388 e. The Morgan fingerprint density at radius 3 is 2.21 bits per heavy atom. The van der Waals surface area contributed by atoms with Crippen molar-refractivity contribution in [2.45, 2.75) is 59.0 Å². The molecule has 4 nitrogen and oxygen atoms in total. The van der Waals surface area contributed by atoms with Crippen molar-refractivity contribution in [3.8, 4) is 0 Å². The second-order valence-electron chi connectivity index (χ2n) is 4.88. The van der Waals surface area contributed by atoms with Gasteiger partial charge in [0.25, 0.3) is 0 Å². The molecule has 0 aromatic carbocycles. The van der Waals surface area contributed by atoms with Gasteiger partial charge in [-0.3, -0.25) is 4.99 Å². The van der Waals surface area contributed by atoms with Gasteiger partial charge < -0.3 is 15.3 Å². The summed E-state index contributed by atoms with van der Waals surface area (Å²) in [5.74, 6) is 0.895. The molecule has 2 N–H and O–H groups in total. The third kappa shape index (κ3) is 8.68. The van der Waals surface area contributed by atoms with Crippen LogP contribution in [0.4, 0.5) is 0 Å². The first-order valence-corrected chi connectivity index (χ1v) is 7.24. The van der Waals surface area contributed by atoms with E-state index in [0.29, 0.717) is 6.54 Å². The maximum atomic E-state index is 10.3. The van der Waals surface area contributed by atoms with Gasteiger partial charge in [-0.2, -0.15) is 0 Å². The zero-order chi connectivity index (χ0) is 14.0. The maximum absolute atomic E-state index is 10.3. The van der Waals surface area contributed by atoms with Crippen molar-refractivity contribution < 1.29 is 5.11 Å². The van der Waals surface area contributed by atoms with E-state index in [1.165, 1.54) is 6.42 Å². The van der Waals surface area contributed by atoms with Crippen LogP contribution in [-0.4, -0.2) is 48.2 Å². The van der Waals surface area contributed by atoms with E-state index in [4.69, 9.17) is 0 Å². The molecule has 0 aliphatic carbocycles. The molecule has 0 bridgehead atoms. The van der Waals surface area contributed by atoms with E-state index < -0.39 is 5.60 Å². The minimum Gasteiger partial charge on any atom is -0.388 e. The lowest BCUT2D eigenvalue weighted by Gasteiger charge is -2.26. The maximum Gasteiger partial charge on any atom is 0.193 e. The van der Waals surface area contributed by atoms with Gasteiger partial charge in [0.15, 0.2) is 5.96 Å². The lowest BCUT2D eigenvalue weighted by Crippen LogP contribution is -2.41. The predicted octanol–water partition coefficient (Wildman–Crippen LogP) is 2.85. The highest BCUT2D eigenvalue weighted by Crippen LogP contribution is 2.14. The smallest absolute Gasteiger partial charge is 0.193 e. The van der Waals surface area contributed by atoms with Crippen molar-refractivity contribution in [1.82, 2.24) is 10.2 Å². The number of unbranched alkanes of at least 4 members (excludes halogenated alkanes) is 1. The molecule has 0 aromatic heterocycles. The molecule has 0 rings (SSSR count). The lowest BCUT2D eigenvalue weighted by molar-refractivity contribution is 0.0416. The first kappa shape index (κ1) is 21.3. The van der Waals surface area contributed by atoms with Crippen LogP contribution >= 0.6 is 24.0 Å². The molecule has 0 aromatic rings. The third-order valence-corrected chi connectivity index (χ3v) is 3.38. The molecular formula is C14H32IN3O. The SMILES string of the molecule is CCCCN(C)C(=NCC(O)(CC)CC)NCC.I. The Kier molecular flexibility index (Phi) is 13.2. The molecule has 0 aliphatic heterocycles.